The molecule has 2 aromatic carbocycles. The number of carbonyl (C=O) groups is 2. The molecule has 1 atom stereocenters. The smallest absolute Gasteiger partial charge is 0.341 e. The van der Waals surface area contributed by atoms with Gasteiger partial charge in [-0.1, -0.05) is 13.0 Å². The lowest BCUT2D eigenvalue weighted by molar-refractivity contribution is -0.139. The van der Waals surface area contributed by atoms with Crippen molar-refractivity contribution in [3.05, 3.63) is 59.2 Å². The number of rotatable bonds is 8. The molecule has 0 saturated heterocycles. The Bertz CT molecular complexity index is 840. The Kier molecular flexibility index (Phi) is 6.17. The third kappa shape index (κ3) is 4.74. The van der Waals surface area contributed by atoms with Crippen LogP contribution < -0.4 is 10.1 Å². The zero-order valence-electron chi connectivity index (χ0n) is 14.1. The molecule has 0 aliphatic heterocycles. The van der Waals surface area contributed by atoms with Gasteiger partial charge in [0.25, 0.3) is 0 Å². The number of benzene rings is 2. The van der Waals surface area contributed by atoms with Crippen molar-refractivity contribution in [2.45, 2.75) is 19.4 Å². The lowest BCUT2D eigenvalue weighted by Crippen LogP contribution is -2.22. The summed E-state index contributed by atoms with van der Waals surface area (Å²) >= 11 is 0. The first-order valence-electron chi connectivity index (χ1n) is 7.91. The molecule has 0 radical (unpaired) electrons. The SMILES string of the molecule is CCc1ccc(OCC(=O)O)c(C(Nc2ccc(C#N)cc2)C(=O)O)c1. The Morgan fingerprint density at radius 2 is 1.88 bits per heavy atom. The Hall–Kier alpha value is -3.53. The minimum absolute atomic E-state index is 0.193. The number of nitriles is 1. The van der Waals surface area contributed by atoms with Gasteiger partial charge in [-0.3, -0.25) is 0 Å². The normalized spacial score (nSPS) is 11.2. The number of carboxylic acid groups (broad SMARTS) is 2. The summed E-state index contributed by atoms with van der Waals surface area (Å²) in [6, 6.07) is 12.2. The van der Waals surface area contributed by atoms with E-state index in [0.29, 0.717) is 23.2 Å². The predicted molar refractivity (Wildman–Crippen MR) is 94.1 cm³/mol. The van der Waals surface area contributed by atoms with Crippen molar-refractivity contribution in [1.82, 2.24) is 0 Å². The molecule has 7 nitrogen and oxygen atoms in total. The number of aryl methyl sites for hydroxylation is 1. The van der Waals surface area contributed by atoms with Crippen LogP contribution in [0, 0.1) is 11.3 Å². The van der Waals surface area contributed by atoms with Gasteiger partial charge in [-0.15, -0.1) is 0 Å². The standard InChI is InChI=1S/C19H18N2O5/c1-2-12-5-8-16(26-11-17(22)23)15(9-12)18(19(24)25)21-14-6-3-13(10-20)4-7-14/h3-9,18,21H,2,11H2,1H3,(H,22,23)(H,24,25). The van der Waals surface area contributed by atoms with E-state index in [1.165, 1.54) is 0 Å². The Labute approximate surface area is 150 Å². The molecule has 134 valence electrons. The average molecular weight is 354 g/mol. The lowest BCUT2D eigenvalue weighted by Gasteiger charge is -2.20. The first-order chi connectivity index (χ1) is 12.4. The van der Waals surface area contributed by atoms with E-state index < -0.39 is 24.6 Å². The van der Waals surface area contributed by atoms with Gasteiger partial charge in [0.05, 0.1) is 11.6 Å². The van der Waals surface area contributed by atoms with Crippen LogP contribution in [0.4, 0.5) is 5.69 Å². The highest BCUT2D eigenvalue weighted by atomic mass is 16.5. The summed E-state index contributed by atoms with van der Waals surface area (Å²) in [4.78, 5) is 22.6. The first-order valence-corrected chi connectivity index (χ1v) is 7.91. The monoisotopic (exact) mass is 354 g/mol. The van der Waals surface area contributed by atoms with E-state index in [1.54, 1.807) is 42.5 Å². The molecule has 26 heavy (non-hydrogen) atoms. The van der Waals surface area contributed by atoms with E-state index in [2.05, 4.69) is 5.32 Å². The van der Waals surface area contributed by atoms with E-state index in [9.17, 15) is 14.7 Å². The van der Waals surface area contributed by atoms with E-state index in [1.807, 2.05) is 13.0 Å². The van der Waals surface area contributed by atoms with Crippen molar-refractivity contribution >= 4 is 17.6 Å². The third-order valence-electron chi connectivity index (χ3n) is 3.72. The van der Waals surface area contributed by atoms with E-state index in [-0.39, 0.29) is 5.75 Å². The summed E-state index contributed by atoms with van der Waals surface area (Å²) < 4.78 is 5.26. The maximum atomic E-state index is 11.8. The van der Waals surface area contributed by atoms with Crippen LogP contribution in [0.1, 0.15) is 29.7 Å². The summed E-state index contributed by atoms with van der Waals surface area (Å²) in [6.45, 7) is 1.36. The van der Waals surface area contributed by atoms with Crippen molar-refractivity contribution < 1.29 is 24.5 Å². The van der Waals surface area contributed by atoms with Crippen molar-refractivity contribution in [3.63, 3.8) is 0 Å². The largest absolute Gasteiger partial charge is 0.482 e. The molecule has 0 bridgehead atoms. The maximum Gasteiger partial charge on any atom is 0.341 e. The summed E-state index contributed by atoms with van der Waals surface area (Å²) in [5, 5.41) is 30.2. The molecule has 0 fully saturated rings. The van der Waals surface area contributed by atoms with Crippen molar-refractivity contribution in [3.8, 4) is 11.8 Å². The molecule has 0 aliphatic rings. The maximum absolute atomic E-state index is 11.8. The van der Waals surface area contributed by atoms with Gasteiger partial charge >= 0.3 is 11.9 Å². The number of anilines is 1. The summed E-state index contributed by atoms with van der Waals surface area (Å²) in [7, 11) is 0. The van der Waals surface area contributed by atoms with Crippen LogP contribution >= 0.6 is 0 Å². The van der Waals surface area contributed by atoms with Crippen LogP contribution in [0.25, 0.3) is 0 Å². The van der Waals surface area contributed by atoms with Crippen LogP contribution in [0.5, 0.6) is 5.75 Å². The van der Waals surface area contributed by atoms with Crippen molar-refractivity contribution in [2.75, 3.05) is 11.9 Å². The molecule has 0 aliphatic carbocycles. The number of nitrogens with one attached hydrogen (secondary N) is 1. The average Bonchev–Trinajstić information content (AvgIpc) is 2.64. The molecule has 2 aromatic rings. The fourth-order valence-corrected chi connectivity index (χ4v) is 2.39. The van der Waals surface area contributed by atoms with Gasteiger partial charge < -0.3 is 20.3 Å². The second-order valence-corrected chi connectivity index (χ2v) is 5.51. The van der Waals surface area contributed by atoms with Crippen LogP contribution in [-0.2, 0) is 16.0 Å². The highest BCUT2D eigenvalue weighted by Gasteiger charge is 2.24. The van der Waals surface area contributed by atoms with Gasteiger partial charge in [0, 0.05) is 11.3 Å². The number of hydrogen-bond acceptors (Lipinski definition) is 5. The number of ether oxygens (including phenoxy) is 1. The molecular weight excluding hydrogens is 336 g/mol. The highest BCUT2D eigenvalue weighted by Crippen LogP contribution is 2.30. The Morgan fingerprint density at radius 1 is 1.19 bits per heavy atom. The zero-order valence-corrected chi connectivity index (χ0v) is 14.1. The Balaban J connectivity index is 2.38. The number of hydrogen-bond donors (Lipinski definition) is 3. The number of carboxylic acids is 2. The quantitative estimate of drug-likeness (QED) is 0.666. The van der Waals surface area contributed by atoms with Crippen LogP contribution in [0.2, 0.25) is 0 Å². The molecule has 3 N–H and O–H groups in total. The molecule has 0 amide bonds. The second kappa shape index (κ2) is 8.53. The fraction of sp³-hybridized carbons (Fsp3) is 0.211. The fourth-order valence-electron chi connectivity index (χ4n) is 2.39. The molecule has 7 heteroatoms. The van der Waals surface area contributed by atoms with E-state index >= 15 is 0 Å². The first kappa shape index (κ1) is 18.8. The minimum atomic E-state index is -1.15. The van der Waals surface area contributed by atoms with E-state index in [4.69, 9.17) is 15.1 Å². The molecule has 0 spiro atoms. The summed E-state index contributed by atoms with van der Waals surface area (Å²) in [5.41, 5.74) is 2.21. The van der Waals surface area contributed by atoms with Gasteiger partial charge in [0.1, 0.15) is 5.75 Å². The van der Waals surface area contributed by atoms with Gasteiger partial charge in [-0.25, -0.2) is 9.59 Å². The molecule has 0 saturated carbocycles. The second-order valence-electron chi connectivity index (χ2n) is 5.51. The van der Waals surface area contributed by atoms with Crippen molar-refractivity contribution in [2.24, 2.45) is 0 Å². The van der Waals surface area contributed by atoms with Crippen molar-refractivity contribution in [1.29, 1.82) is 5.26 Å². The van der Waals surface area contributed by atoms with Gasteiger partial charge in [0.2, 0.25) is 0 Å². The Morgan fingerprint density at radius 3 is 2.42 bits per heavy atom. The van der Waals surface area contributed by atoms with Gasteiger partial charge in [-0.05, 0) is 48.4 Å². The topological polar surface area (TPSA) is 120 Å². The van der Waals surface area contributed by atoms with Crippen LogP contribution in [-0.4, -0.2) is 28.8 Å². The van der Waals surface area contributed by atoms with Crippen LogP contribution in [0.15, 0.2) is 42.5 Å². The third-order valence-corrected chi connectivity index (χ3v) is 3.72. The predicted octanol–water partition coefficient (Wildman–Crippen LogP) is 2.82. The zero-order chi connectivity index (χ0) is 19.1. The van der Waals surface area contributed by atoms with Gasteiger partial charge in [-0.2, -0.15) is 5.26 Å². The molecule has 1 unspecified atom stereocenters. The minimum Gasteiger partial charge on any atom is -0.482 e. The van der Waals surface area contributed by atoms with Crippen LogP contribution in [0.3, 0.4) is 0 Å². The lowest BCUT2D eigenvalue weighted by atomic mass is 10.0. The molecule has 0 heterocycles. The van der Waals surface area contributed by atoms with E-state index in [0.717, 1.165) is 5.56 Å². The van der Waals surface area contributed by atoms with Gasteiger partial charge in [0.15, 0.2) is 12.6 Å². The molecule has 0 aromatic heterocycles. The highest BCUT2D eigenvalue weighted by molar-refractivity contribution is 5.80. The number of aliphatic carboxylic acids is 2. The summed E-state index contributed by atoms with van der Waals surface area (Å²) in [5.74, 6) is -2.09. The molecule has 2 rings (SSSR count). The number of nitrogens with zero attached hydrogens (tertiary/aromatic N) is 1. The molecular formula is C19H18N2O5. The summed E-state index contributed by atoms with van der Waals surface area (Å²) in [6.07, 6.45) is 0.690.